The largest absolute Gasteiger partial charge is 0.480 e. The second-order valence-corrected chi connectivity index (χ2v) is 13.3. The maximum Gasteiger partial charge on any atom is 0.408 e. The van der Waals surface area contributed by atoms with Crippen molar-refractivity contribution in [3.8, 4) is 0 Å². The molecule has 0 fully saturated rings. The number of amides is 2. The Kier molecular flexibility index (Phi) is 12.3. The molecule has 224 valence electrons. The lowest BCUT2D eigenvalue weighted by molar-refractivity contribution is -0.142. The number of hydrogen-bond acceptors (Lipinski definition) is 5. The molecule has 10 heteroatoms. The van der Waals surface area contributed by atoms with Crippen molar-refractivity contribution >= 4 is 25.3 Å². The summed E-state index contributed by atoms with van der Waals surface area (Å²) in [6, 6.07) is 25.9. The maximum absolute atomic E-state index is 14.0. The van der Waals surface area contributed by atoms with Crippen molar-refractivity contribution in [3.05, 3.63) is 108 Å². The number of aliphatic carboxylic acids is 1. The van der Waals surface area contributed by atoms with Crippen LogP contribution in [0.15, 0.2) is 91.0 Å². The van der Waals surface area contributed by atoms with Gasteiger partial charge >= 0.3 is 12.1 Å². The molecule has 2 amide bonds. The molecule has 42 heavy (non-hydrogen) atoms. The Balaban J connectivity index is 1.84. The van der Waals surface area contributed by atoms with Gasteiger partial charge in [-0.05, 0) is 35.4 Å². The molecule has 0 bridgehead atoms. The molecule has 0 aliphatic carbocycles. The number of carboxylic acid groups (broad SMARTS) is 1. The van der Waals surface area contributed by atoms with Crippen LogP contribution in [0, 0.1) is 11.8 Å². The lowest BCUT2D eigenvalue weighted by Crippen LogP contribution is -2.46. The van der Waals surface area contributed by atoms with Gasteiger partial charge in [0.25, 0.3) is 0 Å². The average Bonchev–Trinajstić information content (AvgIpc) is 2.96. The molecule has 3 aromatic rings. The normalized spacial score (nSPS) is 14.7. The number of carbonyl (C=O) groups excluding carboxylic acids is 2. The summed E-state index contributed by atoms with van der Waals surface area (Å²) in [6.07, 6.45) is -0.984. The smallest absolute Gasteiger partial charge is 0.408 e. The van der Waals surface area contributed by atoms with Gasteiger partial charge in [0.2, 0.25) is 13.3 Å². The maximum atomic E-state index is 14.0. The molecular weight excluding hydrogens is 555 g/mol. The number of carbonyl (C=O) groups is 3. The van der Waals surface area contributed by atoms with E-state index in [-0.39, 0.29) is 31.8 Å². The lowest BCUT2D eigenvalue weighted by Gasteiger charge is -2.28. The molecule has 3 rings (SSSR count). The molecule has 0 saturated heterocycles. The molecule has 0 aliphatic heterocycles. The van der Waals surface area contributed by atoms with Crippen LogP contribution in [0.1, 0.15) is 37.0 Å². The minimum absolute atomic E-state index is 0.00395. The topological polar surface area (TPSA) is 142 Å². The fourth-order valence-electron chi connectivity index (χ4n) is 4.60. The van der Waals surface area contributed by atoms with Gasteiger partial charge in [0.05, 0.1) is 5.92 Å². The molecule has 4 atom stereocenters. The summed E-state index contributed by atoms with van der Waals surface area (Å²) in [5, 5.41) is 14.8. The highest BCUT2D eigenvalue weighted by Gasteiger charge is 2.38. The van der Waals surface area contributed by atoms with Gasteiger partial charge in [0, 0.05) is 12.6 Å². The first kappa shape index (κ1) is 32.6. The lowest BCUT2D eigenvalue weighted by atomic mass is 9.98. The van der Waals surface area contributed by atoms with E-state index < -0.39 is 49.2 Å². The zero-order chi connectivity index (χ0) is 30.5. The highest BCUT2D eigenvalue weighted by atomic mass is 31.2. The first-order chi connectivity index (χ1) is 20.0. The second-order valence-electron chi connectivity index (χ2n) is 10.8. The Morgan fingerprint density at radius 1 is 0.786 bits per heavy atom. The molecule has 0 spiro atoms. The van der Waals surface area contributed by atoms with Crippen LogP contribution in [0.5, 0.6) is 0 Å². The number of alkyl carbamates (subject to hydrolysis) is 1. The van der Waals surface area contributed by atoms with Gasteiger partial charge < -0.3 is 25.4 Å². The predicted octanol–water partition coefficient (Wildman–Crippen LogP) is 5.23. The van der Waals surface area contributed by atoms with Crippen LogP contribution >= 0.6 is 7.37 Å². The van der Waals surface area contributed by atoms with Crippen molar-refractivity contribution < 1.29 is 33.7 Å². The number of nitrogens with one attached hydrogen (secondary N) is 2. The number of carboxylic acids is 1. The minimum atomic E-state index is -4.28. The van der Waals surface area contributed by atoms with E-state index in [9.17, 15) is 28.9 Å². The van der Waals surface area contributed by atoms with Crippen molar-refractivity contribution in [3.63, 3.8) is 0 Å². The summed E-state index contributed by atoms with van der Waals surface area (Å²) >= 11 is 0. The number of hydrogen-bond donors (Lipinski definition) is 4. The van der Waals surface area contributed by atoms with E-state index in [0.717, 1.165) is 11.1 Å². The number of rotatable bonds is 15. The third-order valence-corrected chi connectivity index (χ3v) is 9.01. The van der Waals surface area contributed by atoms with E-state index >= 15 is 0 Å². The summed E-state index contributed by atoms with van der Waals surface area (Å²) in [7, 11) is -4.28. The van der Waals surface area contributed by atoms with Gasteiger partial charge in [-0.3, -0.25) is 9.36 Å². The van der Waals surface area contributed by atoms with Gasteiger partial charge in [-0.2, -0.15) is 0 Å². The molecule has 2 unspecified atom stereocenters. The Hall–Kier alpha value is -3.94. The zero-order valence-corrected chi connectivity index (χ0v) is 24.8. The summed E-state index contributed by atoms with van der Waals surface area (Å²) in [4.78, 5) is 49.6. The Bertz CT molecular complexity index is 1340. The van der Waals surface area contributed by atoms with Crippen LogP contribution in [-0.4, -0.2) is 46.0 Å². The monoisotopic (exact) mass is 594 g/mol. The van der Waals surface area contributed by atoms with Crippen LogP contribution in [0.25, 0.3) is 0 Å². The molecule has 0 heterocycles. The van der Waals surface area contributed by atoms with Gasteiger partial charge in [-0.25, -0.2) is 9.59 Å². The van der Waals surface area contributed by atoms with Crippen molar-refractivity contribution in [2.24, 2.45) is 11.8 Å². The predicted molar refractivity (Wildman–Crippen MR) is 161 cm³/mol. The Morgan fingerprint density at radius 2 is 1.29 bits per heavy atom. The SMILES string of the molecule is CC(C)C[C@H](NC(=O)C(Cc1ccccc1)CP(=O)(O)[C@H](Cc1ccccc1)NC(=O)OCc1ccccc1)C(=O)O. The fraction of sp³-hybridized carbons (Fsp3) is 0.344. The minimum Gasteiger partial charge on any atom is -0.480 e. The van der Waals surface area contributed by atoms with E-state index in [1.165, 1.54) is 0 Å². The van der Waals surface area contributed by atoms with E-state index in [1.807, 2.05) is 44.2 Å². The quantitative estimate of drug-likeness (QED) is 0.177. The van der Waals surface area contributed by atoms with Crippen LogP contribution in [0.2, 0.25) is 0 Å². The molecule has 3 aromatic carbocycles. The van der Waals surface area contributed by atoms with Crippen LogP contribution in [-0.2, 0) is 38.3 Å². The fourth-order valence-corrected chi connectivity index (χ4v) is 6.58. The zero-order valence-electron chi connectivity index (χ0n) is 23.9. The van der Waals surface area contributed by atoms with Crippen LogP contribution < -0.4 is 10.6 Å². The van der Waals surface area contributed by atoms with Gasteiger partial charge in [-0.15, -0.1) is 0 Å². The Labute approximate surface area is 246 Å². The van der Waals surface area contributed by atoms with Gasteiger partial charge in [-0.1, -0.05) is 105 Å². The van der Waals surface area contributed by atoms with E-state index in [0.29, 0.717) is 5.56 Å². The first-order valence-corrected chi connectivity index (χ1v) is 15.8. The molecule has 0 aromatic heterocycles. The molecule has 0 saturated carbocycles. The summed E-state index contributed by atoms with van der Waals surface area (Å²) in [6.45, 7) is 3.68. The highest BCUT2D eigenvalue weighted by Crippen LogP contribution is 2.48. The average molecular weight is 595 g/mol. The molecule has 0 radical (unpaired) electrons. The third-order valence-electron chi connectivity index (χ3n) is 6.76. The van der Waals surface area contributed by atoms with E-state index in [4.69, 9.17) is 4.74 Å². The molecule has 0 aliphatic rings. The number of ether oxygens (including phenoxy) is 1. The summed E-state index contributed by atoms with van der Waals surface area (Å²) in [5.74, 6) is -4.08. The number of benzene rings is 3. The van der Waals surface area contributed by atoms with Crippen LogP contribution in [0.3, 0.4) is 0 Å². The van der Waals surface area contributed by atoms with Crippen molar-refractivity contribution in [2.75, 3.05) is 6.16 Å². The second kappa shape index (κ2) is 15.9. The van der Waals surface area contributed by atoms with Crippen molar-refractivity contribution in [1.29, 1.82) is 0 Å². The summed E-state index contributed by atoms with van der Waals surface area (Å²) < 4.78 is 19.3. The molecule has 9 nitrogen and oxygen atoms in total. The standard InChI is InChI=1S/C32H39N2O7P/c1-23(2)18-28(31(36)37)33-30(35)27(19-24-12-6-3-7-13-24)22-42(39,40)29(20-25-14-8-4-9-15-25)34-32(38)41-21-26-16-10-5-11-17-26/h3-17,23,27-29H,18-22H2,1-2H3,(H,33,35)(H,34,38)(H,36,37)(H,39,40)/t27?,28-,29+/m0/s1. The first-order valence-electron chi connectivity index (χ1n) is 13.9. The molecular formula is C32H39N2O7P. The van der Waals surface area contributed by atoms with E-state index in [1.54, 1.807) is 60.7 Å². The van der Waals surface area contributed by atoms with E-state index in [2.05, 4.69) is 10.6 Å². The Morgan fingerprint density at radius 3 is 1.79 bits per heavy atom. The van der Waals surface area contributed by atoms with Crippen molar-refractivity contribution in [2.45, 2.75) is 51.5 Å². The van der Waals surface area contributed by atoms with Gasteiger partial charge in [0.1, 0.15) is 18.4 Å². The molecule has 4 N–H and O–H groups in total. The van der Waals surface area contributed by atoms with Crippen molar-refractivity contribution in [1.82, 2.24) is 10.6 Å². The summed E-state index contributed by atoms with van der Waals surface area (Å²) in [5.41, 5.74) is 2.23. The third kappa shape index (κ3) is 10.8. The highest BCUT2D eigenvalue weighted by molar-refractivity contribution is 7.58. The van der Waals surface area contributed by atoms with Crippen LogP contribution in [0.4, 0.5) is 4.79 Å². The van der Waals surface area contributed by atoms with Gasteiger partial charge in [0.15, 0.2) is 0 Å².